The number of carbonyl (C=O) groups excluding carboxylic acids is 1. The molecular weight excluding hydrogens is 368 g/mol. The van der Waals surface area contributed by atoms with E-state index in [1.165, 1.54) is 34.9 Å². The number of amides is 1. The minimum Gasteiger partial charge on any atom is -0.268 e. The second-order valence-corrected chi connectivity index (χ2v) is 7.27. The van der Waals surface area contributed by atoms with Crippen molar-refractivity contribution >= 4 is 51.7 Å². The molecule has 0 unspecified atom stereocenters. The van der Waals surface area contributed by atoms with Gasteiger partial charge in [0.2, 0.25) is 0 Å². The van der Waals surface area contributed by atoms with E-state index in [9.17, 15) is 14.9 Å². The summed E-state index contributed by atoms with van der Waals surface area (Å²) in [5.41, 5.74) is 2.27. The van der Waals surface area contributed by atoms with E-state index in [0.717, 1.165) is 11.1 Å². The molecule has 0 saturated carbocycles. The highest BCUT2D eigenvalue weighted by molar-refractivity contribution is 8.27. The first-order chi connectivity index (χ1) is 12.5. The van der Waals surface area contributed by atoms with Gasteiger partial charge in [0.05, 0.1) is 15.5 Å². The molecule has 0 atom stereocenters. The average Bonchev–Trinajstić information content (AvgIpc) is 2.89. The zero-order valence-corrected chi connectivity index (χ0v) is 15.4. The third kappa shape index (κ3) is 3.89. The van der Waals surface area contributed by atoms with E-state index < -0.39 is 4.92 Å². The summed E-state index contributed by atoms with van der Waals surface area (Å²) >= 11 is 6.49. The Balaban J connectivity index is 1.88. The Morgan fingerprint density at radius 2 is 1.92 bits per heavy atom. The zero-order valence-electron chi connectivity index (χ0n) is 13.8. The van der Waals surface area contributed by atoms with Gasteiger partial charge in [-0.3, -0.25) is 19.8 Å². The Morgan fingerprint density at radius 3 is 2.62 bits per heavy atom. The average molecular weight is 382 g/mol. The maximum atomic E-state index is 12.7. The van der Waals surface area contributed by atoms with Crippen molar-refractivity contribution in [1.29, 1.82) is 0 Å². The van der Waals surface area contributed by atoms with Crippen LogP contribution in [0.5, 0.6) is 0 Å². The smallest absolute Gasteiger partial charge is 0.268 e. The summed E-state index contributed by atoms with van der Waals surface area (Å²) in [4.78, 5) is 25.0. The molecule has 1 saturated heterocycles. The number of carbonyl (C=O) groups is 1. The minimum absolute atomic E-state index is 0.0827. The molecule has 2 aromatic carbocycles. The predicted octanol–water partition coefficient (Wildman–Crippen LogP) is 4.95. The number of thioether (sulfide) groups is 1. The van der Waals surface area contributed by atoms with Gasteiger partial charge in [-0.1, -0.05) is 66.5 Å². The second kappa shape index (κ2) is 7.63. The van der Waals surface area contributed by atoms with Crippen LogP contribution in [0.25, 0.3) is 6.08 Å². The first-order valence-corrected chi connectivity index (χ1v) is 8.94. The number of nitro groups is 1. The van der Waals surface area contributed by atoms with Crippen LogP contribution in [0.15, 0.2) is 71.2 Å². The molecule has 0 spiro atoms. The van der Waals surface area contributed by atoms with Crippen LogP contribution in [-0.4, -0.2) is 15.2 Å². The third-order valence-corrected chi connectivity index (χ3v) is 4.95. The van der Waals surface area contributed by atoms with Crippen LogP contribution in [-0.2, 0) is 4.79 Å². The Labute approximate surface area is 160 Å². The number of hydrogen-bond donors (Lipinski definition) is 0. The lowest BCUT2D eigenvalue weighted by atomic mass is 10.1. The molecule has 1 aliphatic rings. The fraction of sp³-hybridized carbons (Fsp3) is 0.0526. The largest absolute Gasteiger partial charge is 0.271 e. The topological polar surface area (TPSA) is 63.4 Å². The van der Waals surface area contributed by atoms with E-state index in [4.69, 9.17) is 12.2 Å². The molecule has 26 heavy (non-hydrogen) atoms. The van der Waals surface area contributed by atoms with Crippen LogP contribution in [0.4, 0.5) is 11.4 Å². The monoisotopic (exact) mass is 382 g/mol. The molecule has 1 fully saturated rings. The SMILES string of the molecule is CC(=C\c1ccccc1)/C=C1/SC(=S)N(c2cccc([N+](=O)[O-])c2)C1=O. The van der Waals surface area contributed by atoms with Gasteiger partial charge in [-0.15, -0.1) is 0 Å². The van der Waals surface area contributed by atoms with Crippen molar-refractivity contribution in [3.05, 3.63) is 86.8 Å². The summed E-state index contributed by atoms with van der Waals surface area (Å²) in [5.74, 6) is -0.277. The second-order valence-electron chi connectivity index (χ2n) is 5.59. The van der Waals surface area contributed by atoms with Gasteiger partial charge >= 0.3 is 0 Å². The molecule has 1 amide bonds. The van der Waals surface area contributed by atoms with Crippen molar-refractivity contribution in [2.75, 3.05) is 4.90 Å². The van der Waals surface area contributed by atoms with Gasteiger partial charge < -0.3 is 0 Å². The molecular formula is C19H14N2O3S2. The third-order valence-electron chi connectivity index (χ3n) is 3.65. The minimum atomic E-state index is -0.496. The number of thiocarbonyl (C=S) groups is 1. The molecule has 5 nitrogen and oxygen atoms in total. The Hall–Kier alpha value is -2.77. The van der Waals surface area contributed by atoms with Crippen molar-refractivity contribution in [2.24, 2.45) is 0 Å². The molecule has 130 valence electrons. The number of nitro benzene ring substituents is 1. The zero-order chi connectivity index (χ0) is 18.7. The van der Waals surface area contributed by atoms with Gasteiger partial charge in [-0.2, -0.15) is 0 Å². The van der Waals surface area contributed by atoms with Gasteiger partial charge in [0.15, 0.2) is 4.32 Å². The molecule has 3 rings (SSSR count). The van der Waals surface area contributed by atoms with Gasteiger partial charge in [0.25, 0.3) is 11.6 Å². The van der Waals surface area contributed by atoms with Crippen molar-refractivity contribution in [3.8, 4) is 0 Å². The summed E-state index contributed by atoms with van der Waals surface area (Å²) in [6.07, 6.45) is 3.75. The van der Waals surface area contributed by atoms with Crippen LogP contribution in [0.1, 0.15) is 12.5 Å². The lowest BCUT2D eigenvalue weighted by molar-refractivity contribution is -0.384. The molecule has 1 heterocycles. The molecule has 0 aromatic heterocycles. The molecule has 0 radical (unpaired) electrons. The quantitative estimate of drug-likeness (QED) is 0.324. The number of anilines is 1. The molecule has 2 aromatic rings. The van der Waals surface area contributed by atoms with Crippen LogP contribution in [0, 0.1) is 10.1 Å². The number of benzene rings is 2. The number of nitrogens with zero attached hydrogens (tertiary/aromatic N) is 2. The summed E-state index contributed by atoms with van der Waals surface area (Å²) in [5, 5.41) is 11.0. The van der Waals surface area contributed by atoms with Gasteiger partial charge in [-0.25, -0.2) is 0 Å². The van der Waals surface area contributed by atoms with Crippen LogP contribution >= 0.6 is 24.0 Å². The summed E-state index contributed by atoms with van der Waals surface area (Å²) in [7, 11) is 0. The Bertz CT molecular complexity index is 952. The number of allylic oxidation sites excluding steroid dienone is 2. The first kappa shape index (κ1) is 18.0. The van der Waals surface area contributed by atoms with Crippen molar-refractivity contribution in [2.45, 2.75) is 6.92 Å². The van der Waals surface area contributed by atoms with Crippen LogP contribution in [0.3, 0.4) is 0 Å². The highest BCUT2D eigenvalue weighted by atomic mass is 32.2. The number of non-ortho nitro benzene ring substituents is 1. The van der Waals surface area contributed by atoms with Crippen molar-refractivity contribution < 1.29 is 9.72 Å². The molecule has 7 heteroatoms. The van der Waals surface area contributed by atoms with Crippen molar-refractivity contribution in [3.63, 3.8) is 0 Å². The normalized spacial score (nSPS) is 16.4. The Morgan fingerprint density at radius 1 is 1.19 bits per heavy atom. The maximum Gasteiger partial charge on any atom is 0.271 e. The Kier molecular flexibility index (Phi) is 5.29. The molecule has 1 aliphatic heterocycles. The van der Waals surface area contributed by atoms with E-state index in [0.29, 0.717) is 14.9 Å². The maximum absolute atomic E-state index is 12.7. The summed E-state index contributed by atoms with van der Waals surface area (Å²) in [6.45, 7) is 1.91. The lowest BCUT2D eigenvalue weighted by Gasteiger charge is -2.13. The fourth-order valence-electron chi connectivity index (χ4n) is 2.50. The predicted molar refractivity (Wildman–Crippen MR) is 109 cm³/mol. The fourth-order valence-corrected chi connectivity index (χ4v) is 3.85. The van der Waals surface area contributed by atoms with Gasteiger partial charge in [-0.05, 0) is 30.2 Å². The number of rotatable bonds is 4. The molecule has 0 bridgehead atoms. The standard InChI is InChI=1S/C19H14N2O3S2/c1-13(10-14-6-3-2-4-7-14)11-17-18(22)20(19(25)26-17)15-8-5-9-16(12-15)21(23)24/h2-12H,1H3/b13-10+,17-11+. The molecule has 0 N–H and O–H groups in total. The first-order valence-electron chi connectivity index (χ1n) is 7.71. The van der Waals surface area contributed by atoms with Crippen LogP contribution in [0.2, 0.25) is 0 Å². The summed E-state index contributed by atoms with van der Waals surface area (Å²) in [6, 6.07) is 15.7. The van der Waals surface area contributed by atoms with Crippen molar-refractivity contribution in [1.82, 2.24) is 0 Å². The van der Waals surface area contributed by atoms with Gasteiger partial charge in [0, 0.05) is 12.1 Å². The van der Waals surface area contributed by atoms with E-state index in [1.54, 1.807) is 12.1 Å². The van der Waals surface area contributed by atoms with E-state index in [2.05, 4.69) is 0 Å². The van der Waals surface area contributed by atoms with E-state index >= 15 is 0 Å². The summed E-state index contributed by atoms with van der Waals surface area (Å²) < 4.78 is 0.356. The van der Waals surface area contributed by atoms with E-state index in [1.807, 2.05) is 43.3 Å². The highest BCUT2D eigenvalue weighted by Gasteiger charge is 2.33. The van der Waals surface area contributed by atoms with Gasteiger partial charge in [0.1, 0.15) is 0 Å². The molecule has 0 aliphatic carbocycles. The van der Waals surface area contributed by atoms with Crippen LogP contribution < -0.4 is 4.90 Å². The highest BCUT2D eigenvalue weighted by Crippen LogP contribution is 2.36. The van der Waals surface area contributed by atoms with E-state index in [-0.39, 0.29) is 11.6 Å². The number of hydrogen-bond acceptors (Lipinski definition) is 5. The lowest BCUT2D eigenvalue weighted by Crippen LogP contribution is -2.27.